The minimum absolute atomic E-state index is 0.0202. The monoisotopic (exact) mass is 291 g/mol. The second-order valence-corrected chi connectivity index (χ2v) is 5.68. The Bertz CT molecular complexity index is 571. The number of carbonyl (C=O) groups excluding carboxylic acids is 1. The number of halogens is 3. The van der Waals surface area contributed by atoms with E-state index in [1.54, 1.807) is 6.07 Å². The summed E-state index contributed by atoms with van der Waals surface area (Å²) in [4.78, 5) is 16.7. The van der Waals surface area contributed by atoms with E-state index < -0.39 is 17.0 Å². The Morgan fingerprint density at radius 2 is 2.00 bits per heavy atom. The number of carbonyl (C=O) groups is 1. The normalized spacial score (nSPS) is 11.8. The minimum Gasteiger partial charge on any atom is -0.287 e. The maximum atomic E-state index is 12.4. The van der Waals surface area contributed by atoms with Crippen molar-refractivity contribution in [1.29, 1.82) is 0 Å². The number of aromatic nitrogens is 1. The summed E-state index contributed by atoms with van der Waals surface area (Å²) >= 11 is 1.68. The van der Waals surface area contributed by atoms with Crippen LogP contribution in [0.2, 0.25) is 0 Å². The Balaban J connectivity index is 2.26. The van der Waals surface area contributed by atoms with Gasteiger partial charge in [0.1, 0.15) is 0 Å². The second kappa shape index (κ2) is 4.81. The topological polar surface area (TPSA) is 30.0 Å². The van der Waals surface area contributed by atoms with Crippen LogP contribution in [-0.2, 0) is 12.6 Å². The number of thiophene rings is 1. The molecule has 0 aliphatic heterocycles. The van der Waals surface area contributed by atoms with Crippen LogP contribution in [0.5, 0.6) is 0 Å². The summed E-state index contributed by atoms with van der Waals surface area (Å²) in [6.07, 6.45) is -2.71. The molecule has 2 rings (SSSR count). The zero-order chi connectivity index (χ0) is 13.3. The zero-order valence-corrected chi connectivity index (χ0v) is 10.9. The highest BCUT2D eigenvalue weighted by molar-refractivity contribution is 7.17. The van der Waals surface area contributed by atoms with Gasteiger partial charge < -0.3 is 0 Å². The summed E-state index contributed by atoms with van der Waals surface area (Å²) in [6.45, 7) is 1.95. The molecule has 0 aliphatic rings. The van der Waals surface area contributed by atoms with E-state index in [2.05, 4.69) is 4.98 Å². The molecule has 0 bridgehead atoms. The van der Waals surface area contributed by atoms with Gasteiger partial charge in [-0.3, -0.25) is 4.79 Å². The molecule has 0 atom stereocenters. The van der Waals surface area contributed by atoms with Crippen LogP contribution in [0.3, 0.4) is 0 Å². The van der Waals surface area contributed by atoms with Gasteiger partial charge in [0.05, 0.1) is 9.75 Å². The van der Waals surface area contributed by atoms with E-state index in [9.17, 15) is 18.0 Å². The maximum Gasteiger partial charge on any atom is 0.443 e. The van der Waals surface area contributed by atoms with Crippen LogP contribution in [0.25, 0.3) is 0 Å². The van der Waals surface area contributed by atoms with Crippen molar-refractivity contribution >= 4 is 28.5 Å². The molecule has 0 radical (unpaired) electrons. The Labute approximate surface area is 109 Å². The van der Waals surface area contributed by atoms with Crippen LogP contribution in [0, 0.1) is 0 Å². The van der Waals surface area contributed by atoms with Crippen molar-refractivity contribution < 1.29 is 18.0 Å². The Morgan fingerprint density at radius 1 is 1.28 bits per heavy atom. The van der Waals surface area contributed by atoms with Gasteiger partial charge in [-0.25, -0.2) is 4.98 Å². The molecule has 0 N–H and O–H groups in total. The SMILES string of the molecule is CCc1ccc(C(=O)c2cnc(C(F)(F)F)s2)s1. The molecule has 96 valence electrons. The predicted molar refractivity (Wildman–Crippen MR) is 64.2 cm³/mol. The fourth-order valence-corrected chi connectivity index (χ4v) is 3.03. The molecule has 2 aromatic rings. The maximum absolute atomic E-state index is 12.4. The Morgan fingerprint density at radius 3 is 2.50 bits per heavy atom. The molecule has 18 heavy (non-hydrogen) atoms. The highest BCUT2D eigenvalue weighted by Gasteiger charge is 2.35. The molecule has 0 fully saturated rings. The third-order valence-corrected chi connectivity index (χ3v) is 4.48. The van der Waals surface area contributed by atoms with E-state index >= 15 is 0 Å². The van der Waals surface area contributed by atoms with Crippen molar-refractivity contribution in [2.75, 3.05) is 0 Å². The number of alkyl halides is 3. The van der Waals surface area contributed by atoms with Crippen LogP contribution in [0.4, 0.5) is 13.2 Å². The van der Waals surface area contributed by atoms with Gasteiger partial charge in [-0.2, -0.15) is 13.2 Å². The van der Waals surface area contributed by atoms with Crippen molar-refractivity contribution in [1.82, 2.24) is 4.98 Å². The summed E-state index contributed by atoms with van der Waals surface area (Å²) in [6, 6.07) is 3.45. The molecule has 2 nitrogen and oxygen atoms in total. The minimum atomic E-state index is -4.49. The summed E-state index contributed by atoms with van der Waals surface area (Å²) in [5, 5.41) is -0.988. The van der Waals surface area contributed by atoms with Crippen molar-refractivity contribution in [2.45, 2.75) is 19.5 Å². The number of rotatable bonds is 3. The van der Waals surface area contributed by atoms with E-state index in [1.807, 2.05) is 13.0 Å². The average Bonchev–Trinajstić information content (AvgIpc) is 2.96. The van der Waals surface area contributed by atoms with E-state index in [1.165, 1.54) is 11.3 Å². The Kier molecular flexibility index (Phi) is 3.54. The van der Waals surface area contributed by atoms with Crippen LogP contribution >= 0.6 is 22.7 Å². The first kappa shape index (κ1) is 13.2. The van der Waals surface area contributed by atoms with Crippen LogP contribution in [0.1, 0.15) is 31.4 Å². The molecule has 0 unspecified atom stereocenters. The Hall–Kier alpha value is -1.21. The lowest BCUT2D eigenvalue weighted by atomic mass is 10.3. The number of ketones is 1. The smallest absolute Gasteiger partial charge is 0.287 e. The van der Waals surface area contributed by atoms with E-state index in [0.29, 0.717) is 16.2 Å². The van der Waals surface area contributed by atoms with Gasteiger partial charge in [0, 0.05) is 11.1 Å². The van der Waals surface area contributed by atoms with Gasteiger partial charge in [0.25, 0.3) is 0 Å². The van der Waals surface area contributed by atoms with Crippen molar-refractivity contribution in [3.8, 4) is 0 Å². The summed E-state index contributed by atoms with van der Waals surface area (Å²) in [5.41, 5.74) is 0. The molecule has 0 saturated carbocycles. The first-order valence-electron chi connectivity index (χ1n) is 5.08. The highest BCUT2D eigenvalue weighted by atomic mass is 32.1. The van der Waals surface area contributed by atoms with E-state index in [0.717, 1.165) is 17.5 Å². The number of thiazole rings is 1. The summed E-state index contributed by atoms with van der Waals surface area (Å²) in [5.74, 6) is -0.396. The van der Waals surface area contributed by atoms with Gasteiger partial charge in [0.15, 0.2) is 5.01 Å². The van der Waals surface area contributed by atoms with Gasteiger partial charge in [-0.05, 0) is 18.6 Å². The quantitative estimate of drug-likeness (QED) is 0.800. The fourth-order valence-electron chi connectivity index (χ4n) is 1.32. The molecule has 0 saturated heterocycles. The molecular weight excluding hydrogens is 283 g/mol. The largest absolute Gasteiger partial charge is 0.443 e. The molecule has 0 aliphatic carbocycles. The molecule has 0 amide bonds. The lowest BCUT2D eigenvalue weighted by Gasteiger charge is -1.98. The highest BCUT2D eigenvalue weighted by Crippen LogP contribution is 2.33. The van der Waals surface area contributed by atoms with Gasteiger partial charge >= 0.3 is 6.18 Å². The van der Waals surface area contributed by atoms with Gasteiger partial charge in [0.2, 0.25) is 5.78 Å². The fraction of sp³-hybridized carbons (Fsp3) is 0.273. The molecule has 2 aromatic heterocycles. The number of hydrogen-bond donors (Lipinski definition) is 0. The van der Waals surface area contributed by atoms with Crippen molar-refractivity contribution in [3.05, 3.63) is 38.0 Å². The second-order valence-electron chi connectivity index (χ2n) is 3.48. The molecular formula is C11H8F3NOS2. The molecule has 2 heterocycles. The number of hydrogen-bond acceptors (Lipinski definition) is 4. The lowest BCUT2D eigenvalue weighted by Crippen LogP contribution is -2.03. The van der Waals surface area contributed by atoms with Crippen molar-refractivity contribution in [3.63, 3.8) is 0 Å². The first-order chi connectivity index (χ1) is 8.41. The lowest BCUT2D eigenvalue weighted by molar-refractivity contribution is -0.137. The first-order valence-corrected chi connectivity index (χ1v) is 6.71. The molecule has 7 heteroatoms. The van der Waals surface area contributed by atoms with E-state index in [-0.39, 0.29) is 4.88 Å². The predicted octanol–water partition coefficient (Wildman–Crippen LogP) is 4.02. The van der Waals surface area contributed by atoms with Gasteiger partial charge in [-0.1, -0.05) is 6.92 Å². The van der Waals surface area contributed by atoms with Crippen LogP contribution < -0.4 is 0 Å². The molecule has 0 aromatic carbocycles. The standard InChI is InChI=1S/C11H8F3NOS2/c1-2-6-3-4-7(17-6)9(16)8-5-15-10(18-8)11(12,13)14/h3-5H,2H2,1H3. The van der Waals surface area contributed by atoms with Crippen LogP contribution in [0.15, 0.2) is 18.3 Å². The third kappa shape index (κ3) is 2.62. The third-order valence-electron chi connectivity index (χ3n) is 2.21. The average molecular weight is 291 g/mol. The number of nitrogens with zero attached hydrogens (tertiary/aromatic N) is 1. The summed E-state index contributed by atoms with van der Waals surface area (Å²) in [7, 11) is 0. The number of aryl methyl sites for hydroxylation is 1. The van der Waals surface area contributed by atoms with Crippen molar-refractivity contribution in [2.24, 2.45) is 0 Å². The van der Waals surface area contributed by atoms with E-state index in [4.69, 9.17) is 0 Å². The van der Waals surface area contributed by atoms with Gasteiger partial charge in [-0.15, -0.1) is 22.7 Å². The summed E-state index contributed by atoms with van der Waals surface area (Å²) < 4.78 is 37.1. The van der Waals surface area contributed by atoms with Crippen LogP contribution in [-0.4, -0.2) is 10.8 Å². The molecule has 0 spiro atoms. The zero-order valence-electron chi connectivity index (χ0n) is 9.25.